The van der Waals surface area contributed by atoms with E-state index < -0.39 is 0 Å². The monoisotopic (exact) mass is 447 g/mol. The van der Waals surface area contributed by atoms with E-state index in [4.69, 9.17) is 0 Å². The second-order valence-corrected chi connectivity index (χ2v) is 7.92. The van der Waals surface area contributed by atoms with Crippen molar-refractivity contribution in [2.45, 2.75) is 39.4 Å². The van der Waals surface area contributed by atoms with Gasteiger partial charge in [0.1, 0.15) is 0 Å². The summed E-state index contributed by atoms with van der Waals surface area (Å²) in [5.74, 6) is 0.763. The molecule has 6 nitrogen and oxygen atoms in total. The predicted molar refractivity (Wildman–Crippen MR) is 118 cm³/mol. The first-order chi connectivity index (χ1) is 13.3. The molecule has 152 valence electrons. The molecule has 0 aliphatic heterocycles. The molecule has 0 bridgehead atoms. The van der Waals surface area contributed by atoms with E-state index >= 15 is 0 Å². The minimum Gasteiger partial charge on any atom is -0.352 e. The fraction of sp³-hybridized carbons (Fsp3) is 0.429. The Hall–Kier alpha value is -2.28. The topological polar surface area (TPSA) is 61.7 Å². The van der Waals surface area contributed by atoms with Gasteiger partial charge in [0.25, 0.3) is 5.91 Å². The maximum absolute atomic E-state index is 12.3. The third-order valence-corrected chi connectivity index (χ3v) is 5.11. The molecular formula is C21H30BrN5O. The van der Waals surface area contributed by atoms with Crippen molar-refractivity contribution in [1.29, 1.82) is 0 Å². The van der Waals surface area contributed by atoms with Crippen molar-refractivity contribution in [2.75, 3.05) is 14.1 Å². The molecule has 0 saturated heterocycles. The number of nitrogens with one attached hydrogen (secondary N) is 2. The number of hydrogen-bond acceptors (Lipinski definition) is 2. The van der Waals surface area contributed by atoms with E-state index in [9.17, 15) is 4.79 Å². The molecule has 0 fully saturated rings. The van der Waals surface area contributed by atoms with Gasteiger partial charge in [-0.3, -0.25) is 9.79 Å². The zero-order chi connectivity index (χ0) is 20.7. The summed E-state index contributed by atoms with van der Waals surface area (Å²) in [5.41, 5.74) is 2.89. The lowest BCUT2D eigenvalue weighted by atomic mass is 10.1. The van der Waals surface area contributed by atoms with Gasteiger partial charge in [-0.25, -0.2) is 0 Å². The first-order valence-electron chi connectivity index (χ1n) is 9.46. The van der Waals surface area contributed by atoms with E-state index in [1.807, 2.05) is 51.5 Å². The van der Waals surface area contributed by atoms with Crippen molar-refractivity contribution in [3.8, 4) is 0 Å². The third-order valence-electron chi connectivity index (χ3n) is 4.68. The zero-order valence-corrected chi connectivity index (χ0v) is 18.9. The number of benzene rings is 1. The van der Waals surface area contributed by atoms with Crippen molar-refractivity contribution in [3.05, 3.63) is 57.8 Å². The molecule has 0 saturated carbocycles. The molecule has 1 unspecified atom stereocenters. The fourth-order valence-electron chi connectivity index (χ4n) is 2.84. The number of guanidine groups is 1. The normalized spacial score (nSPS) is 12.6. The number of halogens is 1. The molecule has 1 atom stereocenters. The van der Waals surface area contributed by atoms with Crippen LogP contribution in [-0.2, 0) is 20.1 Å². The molecule has 1 aromatic carbocycles. The van der Waals surface area contributed by atoms with Crippen LogP contribution < -0.4 is 10.6 Å². The number of amides is 1. The molecule has 0 aliphatic carbocycles. The maximum Gasteiger partial charge on any atom is 0.251 e. The van der Waals surface area contributed by atoms with Gasteiger partial charge in [-0.15, -0.1) is 0 Å². The van der Waals surface area contributed by atoms with Gasteiger partial charge in [-0.2, -0.15) is 0 Å². The van der Waals surface area contributed by atoms with Gasteiger partial charge in [-0.1, -0.05) is 19.1 Å². The Morgan fingerprint density at radius 3 is 2.71 bits per heavy atom. The molecule has 0 spiro atoms. The van der Waals surface area contributed by atoms with Crippen molar-refractivity contribution in [2.24, 2.45) is 12.0 Å². The molecule has 2 N–H and O–H groups in total. The highest BCUT2D eigenvalue weighted by Gasteiger charge is 2.11. The largest absolute Gasteiger partial charge is 0.352 e. The van der Waals surface area contributed by atoms with Gasteiger partial charge in [0.2, 0.25) is 0 Å². The first-order valence-corrected chi connectivity index (χ1v) is 10.3. The number of aryl methyl sites for hydroxylation is 1. The summed E-state index contributed by atoms with van der Waals surface area (Å²) in [5, 5.41) is 6.38. The standard InChI is InChI=1S/C21H30BrN5O/c1-6-15(2)25-20(28)17-9-7-8-16(10-17)12-24-21(23-3)27(5)14-19-11-18(22)13-26(19)4/h7-11,13,15H,6,12,14H2,1-5H3,(H,23,24)(H,25,28). The number of aliphatic imine (C=N–C) groups is 1. The van der Waals surface area contributed by atoms with Crippen LogP contribution in [0.2, 0.25) is 0 Å². The Morgan fingerprint density at radius 1 is 1.36 bits per heavy atom. The summed E-state index contributed by atoms with van der Waals surface area (Å²) in [6.07, 6.45) is 2.95. The number of aromatic nitrogens is 1. The predicted octanol–water partition coefficient (Wildman–Crippen LogP) is 3.52. The van der Waals surface area contributed by atoms with Crippen molar-refractivity contribution >= 4 is 27.8 Å². The average Bonchev–Trinajstić information content (AvgIpc) is 2.99. The summed E-state index contributed by atoms with van der Waals surface area (Å²) in [6.45, 7) is 5.40. The van der Waals surface area contributed by atoms with Gasteiger partial charge < -0.3 is 20.1 Å². The third kappa shape index (κ3) is 6.12. The van der Waals surface area contributed by atoms with Crippen molar-refractivity contribution in [1.82, 2.24) is 20.1 Å². The van der Waals surface area contributed by atoms with E-state index in [0.717, 1.165) is 29.0 Å². The second kappa shape index (κ2) is 10.3. The average molecular weight is 448 g/mol. The van der Waals surface area contributed by atoms with Crippen LogP contribution in [0.4, 0.5) is 0 Å². The Bertz CT molecular complexity index is 830. The van der Waals surface area contributed by atoms with Crippen LogP contribution in [0.3, 0.4) is 0 Å². The fourth-order valence-corrected chi connectivity index (χ4v) is 3.41. The number of carbonyl (C=O) groups excluding carboxylic acids is 1. The van der Waals surface area contributed by atoms with Crippen LogP contribution in [0, 0.1) is 0 Å². The van der Waals surface area contributed by atoms with Gasteiger partial charge in [0.15, 0.2) is 5.96 Å². The zero-order valence-electron chi connectivity index (χ0n) is 17.3. The highest BCUT2D eigenvalue weighted by molar-refractivity contribution is 9.10. The van der Waals surface area contributed by atoms with Crippen LogP contribution in [0.5, 0.6) is 0 Å². The number of rotatable bonds is 7. The quantitative estimate of drug-likeness (QED) is 0.504. The van der Waals surface area contributed by atoms with Crippen molar-refractivity contribution in [3.63, 3.8) is 0 Å². The highest BCUT2D eigenvalue weighted by Crippen LogP contribution is 2.15. The molecule has 2 aromatic rings. The Morgan fingerprint density at radius 2 is 2.11 bits per heavy atom. The smallest absolute Gasteiger partial charge is 0.251 e. The summed E-state index contributed by atoms with van der Waals surface area (Å²) in [7, 11) is 5.81. The van der Waals surface area contributed by atoms with E-state index in [1.54, 1.807) is 7.05 Å². The molecule has 1 heterocycles. The van der Waals surface area contributed by atoms with Gasteiger partial charge >= 0.3 is 0 Å². The summed E-state index contributed by atoms with van der Waals surface area (Å²) in [6, 6.07) is 9.95. The van der Waals surface area contributed by atoms with E-state index in [-0.39, 0.29) is 11.9 Å². The van der Waals surface area contributed by atoms with E-state index in [0.29, 0.717) is 12.1 Å². The van der Waals surface area contributed by atoms with Crippen LogP contribution in [0.25, 0.3) is 0 Å². The molecule has 1 aromatic heterocycles. The summed E-state index contributed by atoms with van der Waals surface area (Å²) < 4.78 is 3.15. The lowest BCUT2D eigenvalue weighted by Gasteiger charge is -2.22. The lowest BCUT2D eigenvalue weighted by Crippen LogP contribution is -2.38. The van der Waals surface area contributed by atoms with E-state index in [2.05, 4.69) is 54.0 Å². The minimum atomic E-state index is -0.0352. The number of nitrogens with zero attached hydrogens (tertiary/aromatic N) is 3. The van der Waals surface area contributed by atoms with Crippen LogP contribution in [-0.4, -0.2) is 41.5 Å². The van der Waals surface area contributed by atoms with E-state index in [1.165, 1.54) is 5.69 Å². The number of hydrogen-bond donors (Lipinski definition) is 2. The van der Waals surface area contributed by atoms with Crippen LogP contribution >= 0.6 is 15.9 Å². The first kappa shape index (κ1) is 22.0. The second-order valence-electron chi connectivity index (χ2n) is 7.00. The van der Waals surface area contributed by atoms with Crippen LogP contribution in [0.1, 0.15) is 41.9 Å². The summed E-state index contributed by atoms with van der Waals surface area (Å²) in [4.78, 5) is 18.8. The van der Waals surface area contributed by atoms with Gasteiger partial charge in [0, 0.05) is 55.7 Å². The highest BCUT2D eigenvalue weighted by atomic mass is 79.9. The van der Waals surface area contributed by atoms with Crippen molar-refractivity contribution < 1.29 is 4.79 Å². The van der Waals surface area contributed by atoms with Crippen LogP contribution in [0.15, 0.2) is 46.0 Å². The minimum absolute atomic E-state index is 0.0352. The molecule has 2 rings (SSSR count). The Balaban J connectivity index is 1.98. The molecule has 1 amide bonds. The Kier molecular flexibility index (Phi) is 8.11. The van der Waals surface area contributed by atoms with Gasteiger partial charge in [0.05, 0.1) is 6.54 Å². The summed E-state index contributed by atoms with van der Waals surface area (Å²) >= 11 is 3.51. The maximum atomic E-state index is 12.3. The molecule has 0 aliphatic rings. The molecule has 7 heteroatoms. The number of carbonyl (C=O) groups is 1. The molecule has 28 heavy (non-hydrogen) atoms. The molecular weight excluding hydrogens is 418 g/mol. The van der Waals surface area contributed by atoms with Gasteiger partial charge in [-0.05, 0) is 53.0 Å². The Labute approximate surface area is 176 Å². The molecule has 0 radical (unpaired) electrons. The lowest BCUT2D eigenvalue weighted by molar-refractivity contribution is 0.0939. The SMILES string of the molecule is CCC(C)NC(=O)c1cccc(CNC(=NC)N(C)Cc2cc(Br)cn2C)c1.